The van der Waals surface area contributed by atoms with Gasteiger partial charge in [0.15, 0.2) is 5.13 Å². The Hall–Kier alpha value is -2.78. The van der Waals surface area contributed by atoms with Gasteiger partial charge in [0.2, 0.25) is 0 Å². The number of hydrogen-bond acceptors (Lipinski definition) is 7. The minimum atomic E-state index is -3.75. The number of carbonyl (C=O) groups excluding carboxylic acids is 1. The molecule has 9 heteroatoms. The molecule has 0 amide bonds. The van der Waals surface area contributed by atoms with Gasteiger partial charge in [-0.2, -0.15) is 0 Å². The largest absolute Gasteiger partial charge is 0.454 e. The van der Waals surface area contributed by atoms with E-state index < -0.39 is 22.1 Å². The molecule has 1 atom stereocenters. The molecule has 0 saturated heterocycles. The van der Waals surface area contributed by atoms with Crippen molar-refractivity contribution >= 4 is 32.5 Å². The van der Waals surface area contributed by atoms with Gasteiger partial charge in [-0.05, 0) is 37.3 Å². The van der Waals surface area contributed by atoms with Crippen LogP contribution in [-0.2, 0) is 14.8 Å². The van der Waals surface area contributed by atoms with Crippen molar-refractivity contribution in [3.05, 3.63) is 71.5 Å². The fourth-order valence-corrected chi connectivity index (χ4v) is 3.92. The Labute approximate surface area is 154 Å². The molecule has 2 aromatic heterocycles. The summed E-state index contributed by atoms with van der Waals surface area (Å²) in [6, 6.07) is 9.09. The van der Waals surface area contributed by atoms with E-state index >= 15 is 0 Å². The van der Waals surface area contributed by atoms with Crippen molar-refractivity contribution in [2.45, 2.75) is 17.9 Å². The summed E-state index contributed by atoms with van der Waals surface area (Å²) in [6.45, 7) is 1.74. The Bertz CT molecular complexity index is 973. The van der Waals surface area contributed by atoms with Crippen LogP contribution in [-0.4, -0.2) is 24.4 Å². The van der Waals surface area contributed by atoms with Gasteiger partial charge in [0.05, 0.1) is 10.5 Å². The van der Waals surface area contributed by atoms with Crippen LogP contribution in [0.25, 0.3) is 0 Å². The van der Waals surface area contributed by atoms with Crippen LogP contribution in [0, 0.1) is 0 Å². The van der Waals surface area contributed by atoms with Crippen LogP contribution in [0.5, 0.6) is 0 Å². The Morgan fingerprint density at radius 2 is 1.96 bits per heavy atom. The molecule has 3 aromatic rings. The molecule has 2 heterocycles. The van der Waals surface area contributed by atoms with Gasteiger partial charge in [-0.3, -0.25) is 9.71 Å². The first-order valence-electron chi connectivity index (χ1n) is 7.59. The predicted molar refractivity (Wildman–Crippen MR) is 97.4 cm³/mol. The molecular weight excluding hydrogens is 374 g/mol. The molecule has 1 aromatic carbocycles. The Kier molecular flexibility index (Phi) is 5.29. The molecule has 0 aliphatic carbocycles. The molecule has 0 aliphatic rings. The summed E-state index contributed by atoms with van der Waals surface area (Å²) in [7, 11) is -3.75. The Balaban J connectivity index is 1.70. The minimum absolute atomic E-state index is 0.0320. The smallest absolute Gasteiger partial charge is 0.338 e. The summed E-state index contributed by atoms with van der Waals surface area (Å²) < 4.78 is 32.3. The van der Waals surface area contributed by atoms with Crippen molar-refractivity contribution in [2.75, 3.05) is 4.72 Å². The second-order valence-electron chi connectivity index (χ2n) is 5.30. The van der Waals surface area contributed by atoms with Gasteiger partial charge >= 0.3 is 5.97 Å². The van der Waals surface area contributed by atoms with Crippen molar-refractivity contribution in [1.82, 2.24) is 9.97 Å². The van der Waals surface area contributed by atoms with Crippen molar-refractivity contribution in [2.24, 2.45) is 0 Å². The van der Waals surface area contributed by atoms with Crippen LogP contribution >= 0.6 is 11.3 Å². The lowest BCUT2D eigenvalue weighted by atomic mass is 10.2. The highest BCUT2D eigenvalue weighted by molar-refractivity contribution is 7.93. The number of rotatable bonds is 6. The van der Waals surface area contributed by atoms with E-state index in [-0.39, 0.29) is 15.6 Å². The molecule has 0 fully saturated rings. The second-order valence-corrected chi connectivity index (χ2v) is 7.88. The quantitative estimate of drug-likeness (QED) is 0.650. The average Bonchev–Trinajstić information content (AvgIpc) is 3.14. The van der Waals surface area contributed by atoms with Crippen molar-refractivity contribution in [1.29, 1.82) is 0 Å². The molecule has 0 unspecified atom stereocenters. The minimum Gasteiger partial charge on any atom is -0.454 e. The van der Waals surface area contributed by atoms with Crippen LogP contribution in [0.1, 0.15) is 28.9 Å². The number of pyridine rings is 1. The van der Waals surface area contributed by atoms with Crippen LogP contribution in [0.2, 0.25) is 0 Å². The maximum Gasteiger partial charge on any atom is 0.338 e. The fourth-order valence-electron chi connectivity index (χ4n) is 2.13. The zero-order valence-corrected chi connectivity index (χ0v) is 15.3. The summed E-state index contributed by atoms with van der Waals surface area (Å²) >= 11 is 1.18. The number of aromatic nitrogens is 2. The lowest BCUT2D eigenvalue weighted by Gasteiger charge is -2.13. The predicted octanol–water partition coefficient (Wildman–Crippen LogP) is 3.26. The number of carbonyl (C=O) groups is 1. The number of ether oxygens (including phenoxy) is 1. The fraction of sp³-hybridized carbons (Fsp3) is 0.118. The number of nitrogens with one attached hydrogen (secondary N) is 1. The highest BCUT2D eigenvalue weighted by Gasteiger charge is 2.18. The molecule has 0 aliphatic heterocycles. The number of sulfonamides is 1. The normalized spacial score (nSPS) is 12.3. The lowest BCUT2D eigenvalue weighted by molar-refractivity contribution is 0.0337. The average molecular weight is 389 g/mol. The maximum absolute atomic E-state index is 12.3. The highest BCUT2D eigenvalue weighted by atomic mass is 32.2. The van der Waals surface area contributed by atoms with Crippen LogP contribution in [0.4, 0.5) is 5.13 Å². The number of anilines is 1. The zero-order valence-electron chi connectivity index (χ0n) is 13.7. The first-order valence-corrected chi connectivity index (χ1v) is 9.95. The van der Waals surface area contributed by atoms with E-state index in [1.165, 1.54) is 41.8 Å². The summed E-state index contributed by atoms with van der Waals surface area (Å²) in [5.41, 5.74) is 1.03. The first-order chi connectivity index (χ1) is 12.5. The third-order valence-corrected chi connectivity index (χ3v) is 5.66. The SMILES string of the molecule is C[C@H](OC(=O)c1ccc(S(=O)(=O)Nc2nccs2)cc1)c1cccnc1. The van der Waals surface area contributed by atoms with Gasteiger partial charge in [-0.25, -0.2) is 18.2 Å². The van der Waals surface area contributed by atoms with Crippen molar-refractivity contribution < 1.29 is 17.9 Å². The van der Waals surface area contributed by atoms with E-state index in [2.05, 4.69) is 14.7 Å². The molecular formula is C17H15N3O4S2. The molecule has 0 bridgehead atoms. The number of esters is 1. The molecule has 1 N–H and O–H groups in total. The molecule has 3 rings (SSSR count). The van der Waals surface area contributed by atoms with Crippen LogP contribution in [0.15, 0.2) is 65.3 Å². The van der Waals surface area contributed by atoms with Gasteiger partial charge in [0.25, 0.3) is 10.0 Å². The van der Waals surface area contributed by atoms with Gasteiger partial charge in [0.1, 0.15) is 6.10 Å². The molecule has 26 heavy (non-hydrogen) atoms. The Morgan fingerprint density at radius 3 is 2.58 bits per heavy atom. The molecule has 7 nitrogen and oxygen atoms in total. The van der Waals surface area contributed by atoms with Crippen molar-refractivity contribution in [3.8, 4) is 0 Å². The van der Waals surface area contributed by atoms with Crippen molar-refractivity contribution in [3.63, 3.8) is 0 Å². The molecule has 134 valence electrons. The van der Waals surface area contributed by atoms with Crippen LogP contribution < -0.4 is 4.72 Å². The first kappa shape index (κ1) is 18.0. The Morgan fingerprint density at radius 1 is 1.19 bits per heavy atom. The number of thiazole rings is 1. The lowest BCUT2D eigenvalue weighted by Crippen LogP contribution is -2.13. The zero-order chi connectivity index (χ0) is 18.6. The highest BCUT2D eigenvalue weighted by Crippen LogP contribution is 2.20. The summed E-state index contributed by atoms with van der Waals surface area (Å²) in [6.07, 6.45) is 4.30. The summed E-state index contributed by atoms with van der Waals surface area (Å²) in [5.74, 6) is -0.543. The van der Waals surface area contributed by atoms with Gasteiger partial charge in [-0.15, -0.1) is 11.3 Å². The van der Waals surface area contributed by atoms with Crippen LogP contribution in [0.3, 0.4) is 0 Å². The number of nitrogens with zero attached hydrogens (tertiary/aromatic N) is 2. The van der Waals surface area contributed by atoms with Gasteiger partial charge in [-0.1, -0.05) is 6.07 Å². The van der Waals surface area contributed by atoms with E-state index in [4.69, 9.17) is 4.74 Å². The van der Waals surface area contributed by atoms with E-state index in [1.54, 1.807) is 30.8 Å². The summed E-state index contributed by atoms with van der Waals surface area (Å²) in [4.78, 5) is 20.1. The summed E-state index contributed by atoms with van der Waals surface area (Å²) in [5, 5.41) is 1.94. The molecule has 0 saturated carbocycles. The second kappa shape index (κ2) is 7.63. The standard InChI is InChI=1S/C17H15N3O4S2/c1-12(14-3-2-8-18-11-14)24-16(21)13-4-6-15(7-5-13)26(22,23)20-17-19-9-10-25-17/h2-12H,1H3,(H,19,20)/t12-/m0/s1. The third kappa shape index (κ3) is 4.24. The monoisotopic (exact) mass is 389 g/mol. The van der Waals surface area contributed by atoms with E-state index in [0.29, 0.717) is 0 Å². The third-order valence-electron chi connectivity index (χ3n) is 3.49. The van der Waals surface area contributed by atoms with E-state index in [9.17, 15) is 13.2 Å². The maximum atomic E-state index is 12.3. The van der Waals surface area contributed by atoms with Gasteiger partial charge < -0.3 is 4.74 Å². The topological polar surface area (TPSA) is 98.2 Å². The molecule has 0 radical (unpaired) electrons. The van der Waals surface area contributed by atoms with E-state index in [0.717, 1.165) is 5.56 Å². The van der Waals surface area contributed by atoms with Gasteiger partial charge in [0, 0.05) is 29.5 Å². The number of hydrogen-bond donors (Lipinski definition) is 1. The van der Waals surface area contributed by atoms with E-state index in [1.807, 2.05) is 6.07 Å². The number of benzene rings is 1. The molecule has 0 spiro atoms.